The van der Waals surface area contributed by atoms with Crippen molar-refractivity contribution in [3.63, 3.8) is 0 Å². The predicted molar refractivity (Wildman–Crippen MR) is 66.0 cm³/mol. The molecule has 0 bridgehead atoms. The van der Waals surface area contributed by atoms with Crippen LogP contribution in [-0.2, 0) is 0 Å². The normalized spacial score (nSPS) is 10.3. The van der Waals surface area contributed by atoms with Crippen molar-refractivity contribution in [1.82, 2.24) is 10.2 Å². The Morgan fingerprint density at radius 2 is 2.12 bits per heavy atom. The minimum Gasteiger partial charge on any atom is -0.474 e. The zero-order chi connectivity index (χ0) is 12.3. The van der Waals surface area contributed by atoms with Crippen molar-refractivity contribution in [3.8, 4) is 17.4 Å². The van der Waals surface area contributed by atoms with Gasteiger partial charge in [-0.05, 0) is 26.0 Å². The number of rotatable bonds is 4. The number of aromatic amines is 1. The molecule has 5 heteroatoms. The van der Waals surface area contributed by atoms with Crippen molar-refractivity contribution < 1.29 is 9.47 Å². The van der Waals surface area contributed by atoms with E-state index in [2.05, 4.69) is 10.2 Å². The molecule has 0 aliphatic rings. The van der Waals surface area contributed by atoms with Crippen LogP contribution in [0.25, 0.3) is 0 Å². The Morgan fingerprint density at radius 3 is 2.82 bits per heavy atom. The molecule has 2 rings (SSSR count). The average Bonchev–Trinajstić information content (AvgIpc) is 2.65. The Kier molecular flexibility index (Phi) is 3.54. The van der Waals surface area contributed by atoms with E-state index >= 15 is 0 Å². The smallest absolute Gasteiger partial charge is 0.276 e. The second-order valence-corrected chi connectivity index (χ2v) is 3.86. The molecule has 0 unspecified atom stereocenters. The number of nitrogens with zero attached hydrogens (tertiary/aromatic N) is 1. The molecule has 0 atom stereocenters. The Balaban J connectivity index is 2.29. The second-order valence-electron chi connectivity index (χ2n) is 3.45. The maximum Gasteiger partial charge on any atom is 0.276 e. The van der Waals surface area contributed by atoms with Gasteiger partial charge < -0.3 is 9.47 Å². The maximum absolute atomic E-state index is 6.03. The maximum atomic E-state index is 6.03. The Hall–Kier alpha value is -1.68. The fraction of sp³-hybridized carbons (Fsp3) is 0.250. The third-order valence-corrected chi connectivity index (χ3v) is 2.50. The number of hydrogen-bond donors (Lipinski definition) is 1. The Morgan fingerprint density at radius 1 is 1.35 bits per heavy atom. The molecule has 17 heavy (non-hydrogen) atoms. The van der Waals surface area contributed by atoms with E-state index in [1.807, 2.05) is 26.0 Å². The summed E-state index contributed by atoms with van der Waals surface area (Å²) in [4.78, 5) is 0. The van der Waals surface area contributed by atoms with E-state index in [9.17, 15) is 0 Å². The lowest BCUT2D eigenvalue weighted by Gasteiger charge is -2.08. The first-order valence-corrected chi connectivity index (χ1v) is 5.70. The van der Waals surface area contributed by atoms with Crippen molar-refractivity contribution in [3.05, 3.63) is 35.0 Å². The number of aromatic nitrogens is 2. The van der Waals surface area contributed by atoms with Crippen molar-refractivity contribution in [2.24, 2.45) is 0 Å². The minimum atomic E-state index is 0.449. The molecule has 1 heterocycles. The molecular formula is C12H13ClN2O2. The molecule has 0 aliphatic heterocycles. The third-order valence-electron chi connectivity index (χ3n) is 2.19. The van der Waals surface area contributed by atoms with Crippen LogP contribution >= 0.6 is 11.6 Å². The van der Waals surface area contributed by atoms with Gasteiger partial charge in [0, 0.05) is 0 Å². The van der Waals surface area contributed by atoms with Gasteiger partial charge >= 0.3 is 0 Å². The molecule has 1 N–H and O–H groups in total. The van der Waals surface area contributed by atoms with Gasteiger partial charge in [-0.15, -0.1) is 5.10 Å². The molecule has 1 aromatic heterocycles. The van der Waals surface area contributed by atoms with Crippen LogP contribution in [0.3, 0.4) is 0 Å². The lowest BCUT2D eigenvalue weighted by Crippen LogP contribution is -1.94. The standard InChI is InChI=1S/C12H13ClN2O2/c1-3-16-12-11(8(2)14-15-12)17-10-7-5-4-6-9(10)13/h4-7H,3H2,1-2H3,(H,14,15). The van der Waals surface area contributed by atoms with Crippen LogP contribution in [0.4, 0.5) is 0 Å². The van der Waals surface area contributed by atoms with E-state index in [-0.39, 0.29) is 0 Å². The number of halogens is 1. The molecule has 2 aromatic rings. The summed E-state index contributed by atoms with van der Waals surface area (Å²) < 4.78 is 11.1. The van der Waals surface area contributed by atoms with Crippen LogP contribution in [0.15, 0.2) is 24.3 Å². The summed E-state index contributed by atoms with van der Waals surface area (Å²) >= 11 is 6.03. The van der Waals surface area contributed by atoms with Crippen LogP contribution in [0.1, 0.15) is 12.6 Å². The first-order chi connectivity index (χ1) is 8.22. The molecule has 0 amide bonds. The molecule has 0 radical (unpaired) electrons. The zero-order valence-electron chi connectivity index (χ0n) is 9.66. The molecule has 0 aliphatic carbocycles. The number of nitrogens with one attached hydrogen (secondary N) is 1. The van der Waals surface area contributed by atoms with Crippen molar-refractivity contribution in [1.29, 1.82) is 0 Å². The quantitative estimate of drug-likeness (QED) is 0.905. The molecule has 1 aromatic carbocycles. The highest BCUT2D eigenvalue weighted by atomic mass is 35.5. The summed E-state index contributed by atoms with van der Waals surface area (Å²) in [6, 6.07) is 7.27. The van der Waals surface area contributed by atoms with Gasteiger partial charge in [0.25, 0.3) is 5.88 Å². The lowest BCUT2D eigenvalue weighted by molar-refractivity contribution is 0.310. The van der Waals surface area contributed by atoms with E-state index in [0.29, 0.717) is 29.0 Å². The number of para-hydroxylation sites is 1. The van der Waals surface area contributed by atoms with Crippen LogP contribution in [0.2, 0.25) is 5.02 Å². The third kappa shape index (κ3) is 2.53. The van der Waals surface area contributed by atoms with Crippen molar-refractivity contribution >= 4 is 11.6 Å². The van der Waals surface area contributed by atoms with E-state index < -0.39 is 0 Å². The van der Waals surface area contributed by atoms with Crippen LogP contribution in [-0.4, -0.2) is 16.8 Å². The molecule has 4 nitrogen and oxygen atoms in total. The van der Waals surface area contributed by atoms with Crippen LogP contribution in [0, 0.1) is 6.92 Å². The van der Waals surface area contributed by atoms with Crippen molar-refractivity contribution in [2.75, 3.05) is 6.61 Å². The molecule has 0 fully saturated rings. The zero-order valence-corrected chi connectivity index (χ0v) is 10.4. The summed E-state index contributed by atoms with van der Waals surface area (Å²) in [6.45, 7) is 4.29. The Bertz CT molecular complexity index is 511. The lowest BCUT2D eigenvalue weighted by atomic mass is 10.3. The number of H-pyrrole nitrogens is 1. The van der Waals surface area contributed by atoms with Crippen molar-refractivity contribution in [2.45, 2.75) is 13.8 Å². The molecule has 90 valence electrons. The summed E-state index contributed by atoms with van der Waals surface area (Å²) in [7, 11) is 0. The first-order valence-electron chi connectivity index (χ1n) is 5.32. The van der Waals surface area contributed by atoms with Gasteiger partial charge in [-0.3, -0.25) is 5.10 Å². The summed E-state index contributed by atoms with van der Waals surface area (Å²) in [5.74, 6) is 1.60. The molecule has 0 saturated heterocycles. The van der Waals surface area contributed by atoms with Gasteiger partial charge in [0.05, 0.1) is 17.3 Å². The van der Waals surface area contributed by atoms with Gasteiger partial charge in [0.15, 0.2) is 0 Å². The highest BCUT2D eigenvalue weighted by Gasteiger charge is 2.14. The minimum absolute atomic E-state index is 0.449. The molecular weight excluding hydrogens is 240 g/mol. The van der Waals surface area contributed by atoms with E-state index in [1.54, 1.807) is 12.1 Å². The van der Waals surface area contributed by atoms with Gasteiger partial charge in [0.1, 0.15) is 5.75 Å². The topological polar surface area (TPSA) is 47.1 Å². The van der Waals surface area contributed by atoms with Gasteiger partial charge in [-0.1, -0.05) is 23.7 Å². The second kappa shape index (κ2) is 5.10. The van der Waals surface area contributed by atoms with E-state index in [4.69, 9.17) is 21.1 Å². The fourth-order valence-corrected chi connectivity index (χ4v) is 1.56. The van der Waals surface area contributed by atoms with E-state index in [1.165, 1.54) is 0 Å². The number of ether oxygens (including phenoxy) is 2. The average molecular weight is 253 g/mol. The summed E-state index contributed by atoms with van der Waals surface area (Å²) in [6.07, 6.45) is 0. The van der Waals surface area contributed by atoms with Crippen LogP contribution in [0.5, 0.6) is 17.4 Å². The van der Waals surface area contributed by atoms with Gasteiger partial charge in [-0.2, -0.15) is 0 Å². The monoisotopic (exact) mass is 252 g/mol. The number of aryl methyl sites for hydroxylation is 1. The predicted octanol–water partition coefficient (Wildman–Crippen LogP) is 3.56. The fourth-order valence-electron chi connectivity index (χ4n) is 1.39. The number of hydrogen-bond acceptors (Lipinski definition) is 3. The highest BCUT2D eigenvalue weighted by molar-refractivity contribution is 6.32. The highest BCUT2D eigenvalue weighted by Crippen LogP contribution is 2.35. The number of benzene rings is 1. The van der Waals surface area contributed by atoms with E-state index in [0.717, 1.165) is 5.69 Å². The van der Waals surface area contributed by atoms with Crippen LogP contribution < -0.4 is 9.47 Å². The summed E-state index contributed by atoms with van der Waals surface area (Å²) in [5, 5.41) is 7.39. The SMILES string of the molecule is CCOc1n[nH]c(C)c1Oc1ccccc1Cl. The van der Waals surface area contributed by atoms with Gasteiger partial charge in [-0.25, -0.2) is 0 Å². The molecule has 0 spiro atoms. The Labute approximate surface area is 105 Å². The largest absolute Gasteiger partial charge is 0.474 e. The van der Waals surface area contributed by atoms with Gasteiger partial charge in [0.2, 0.25) is 5.75 Å². The first kappa shape index (κ1) is 11.8. The summed E-state index contributed by atoms with van der Waals surface area (Å²) in [5.41, 5.74) is 0.799. The molecule has 0 saturated carbocycles.